The summed E-state index contributed by atoms with van der Waals surface area (Å²) in [6.07, 6.45) is 5.92. The second kappa shape index (κ2) is 8.43. The van der Waals surface area contributed by atoms with Crippen LogP contribution in [0, 0.1) is 5.82 Å². The van der Waals surface area contributed by atoms with Crippen LogP contribution in [0.1, 0.15) is 19.0 Å². The van der Waals surface area contributed by atoms with Crippen LogP contribution >= 0.6 is 0 Å². The van der Waals surface area contributed by atoms with Crippen LogP contribution in [0.3, 0.4) is 0 Å². The summed E-state index contributed by atoms with van der Waals surface area (Å²) < 4.78 is 19.7. The van der Waals surface area contributed by atoms with E-state index in [9.17, 15) is 9.18 Å². The minimum atomic E-state index is -0.197. The Morgan fingerprint density at radius 3 is 2.50 bits per heavy atom. The molecule has 134 valence electrons. The molecule has 3 aromatic rings. The topological polar surface area (TPSA) is 44.1 Å². The molecule has 0 unspecified atom stereocenters. The van der Waals surface area contributed by atoms with Gasteiger partial charge in [-0.25, -0.2) is 4.39 Å². The van der Waals surface area contributed by atoms with E-state index in [4.69, 9.17) is 0 Å². The average molecular weight is 352 g/mol. The van der Waals surface area contributed by atoms with Crippen LogP contribution in [-0.2, 0) is 22.5 Å². The number of hydrogen-bond donors (Lipinski definition) is 0. The SMILES string of the molecule is CCOC=O.Fc1ccc(-c2c(-c3ccncc3)cc3n2CCC3)cc1. The van der Waals surface area contributed by atoms with Gasteiger partial charge in [-0.05, 0) is 73.4 Å². The van der Waals surface area contributed by atoms with Crippen molar-refractivity contribution in [3.8, 4) is 22.4 Å². The summed E-state index contributed by atoms with van der Waals surface area (Å²) in [5.41, 5.74) is 5.98. The summed E-state index contributed by atoms with van der Waals surface area (Å²) in [6.45, 7) is 3.70. The molecule has 0 fully saturated rings. The molecule has 2 aromatic heterocycles. The van der Waals surface area contributed by atoms with Gasteiger partial charge in [0.05, 0.1) is 12.3 Å². The van der Waals surface area contributed by atoms with Crippen LogP contribution in [-0.4, -0.2) is 22.6 Å². The number of carbonyl (C=O) groups excluding carboxylic acids is 1. The first-order chi connectivity index (χ1) is 12.7. The highest BCUT2D eigenvalue weighted by Crippen LogP contribution is 2.37. The fourth-order valence-electron chi connectivity index (χ4n) is 3.22. The summed E-state index contributed by atoms with van der Waals surface area (Å²) in [4.78, 5) is 13.3. The number of ether oxygens (including phenoxy) is 1. The molecule has 0 aliphatic carbocycles. The highest BCUT2D eigenvalue weighted by molar-refractivity contribution is 5.82. The van der Waals surface area contributed by atoms with E-state index < -0.39 is 0 Å². The third kappa shape index (κ3) is 3.82. The fourth-order valence-corrected chi connectivity index (χ4v) is 3.22. The van der Waals surface area contributed by atoms with Crippen molar-refractivity contribution in [2.24, 2.45) is 0 Å². The third-order valence-electron chi connectivity index (χ3n) is 4.34. The second-order valence-corrected chi connectivity index (χ2v) is 5.95. The standard InChI is InChI=1S/C18H15FN2.C3H6O2/c19-15-5-3-14(4-6-15)18-17(13-7-9-20-10-8-13)12-16-2-1-11-21(16)18;1-2-5-3-4/h3-10,12H,1-2,11H2;3H,2H2,1H3. The first-order valence-electron chi connectivity index (χ1n) is 8.68. The molecule has 4 rings (SSSR count). The Morgan fingerprint density at radius 2 is 1.88 bits per heavy atom. The van der Waals surface area contributed by atoms with Crippen molar-refractivity contribution in [1.82, 2.24) is 9.55 Å². The van der Waals surface area contributed by atoms with Gasteiger partial charge in [0, 0.05) is 30.2 Å². The minimum Gasteiger partial charge on any atom is -0.468 e. The van der Waals surface area contributed by atoms with Gasteiger partial charge in [0.1, 0.15) is 5.82 Å². The van der Waals surface area contributed by atoms with Crippen LogP contribution in [0.5, 0.6) is 0 Å². The Hall–Kier alpha value is -2.95. The lowest BCUT2D eigenvalue weighted by atomic mass is 10.0. The van der Waals surface area contributed by atoms with Crippen molar-refractivity contribution >= 4 is 6.47 Å². The molecule has 0 radical (unpaired) electrons. The van der Waals surface area contributed by atoms with E-state index >= 15 is 0 Å². The van der Waals surface area contributed by atoms with Crippen LogP contribution in [0.4, 0.5) is 4.39 Å². The van der Waals surface area contributed by atoms with Gasteiger partial charge in [-0.2, -0.15) is 0 Å². The Balaban J connectivity index is 0.000000349. The van der Waals surface area contributed by atoms with Crippen molar-refractivity contribution in [2.75, 3.05) is 6.61 Å². The minimum absolute atomic E-state index is 0.197. The Kier molecular flexibility index (Phi) is 5.79. The van der Waals surface area contributed by atoms with E-state index in [1.165, 1.54) is 35.5 Å². The van der Waals surface area contributed by atoms with Crippen molar-refractivity contribution in [3.63, 3.8) is 0 Å². The molecule has 26 heavy (non-hydrogen) atoms. The van der Waals surface area contributed by atoms with Crippen LogP contribution in [0.15, 0.2) is 54.9 Å². The number of carbonyl (C=O) groups is 1. The second-order valence-electron chi connectivity index (χ2n) is 5.95. The summed E-state index contributed by atoms with van der Waals surface area (Å²) in [5, 5.41) is 0. The summed E-state index contributed by atoms with van der Waals surface area (Å²) in [6, 6.07) is 13.1. The maximum Gasteiger partial charge on any atom is 0.293 e. The Labute approximate surface area is 152 Å². The number of rotatable bonds is 4. The number of aromatic nitrogens is 2. The van der Waals surface area contributed by atoms with Gasteiger partial charge in [0.25, 0.3) is 6.47 Å². The molecule has 0 saturated carbocycles. The summed E-state index contributed by atoms with van der Waals surface area (Å²) >= 11 is 0. The Morgan fingerprint density at radius 1 is 1.15 bits per heavy atom. The van der Waals surface area contributed by atoms with Crippen molar-refractivity contribution < 1.29 is 13.9 Å². The molecule has 1 aliphatic heterocycles. The van der Waals surface area contributed by atoms with E-state index in [1.54, 1.807) is 6.92 Å². The molecule has 4 nitrogen and oxygen atoms in total. The molecular formula is C21H21FN2O2. The molecule has 3 heterocycles. The van der Waals surface area contributed by atoms with Gasteiger partial charge in [0.2, 0.25) is 0 Å². The van der Waals surface area contributed by atoms with E-state index in [-0.39, 0.29) is 5.82 Å². The summed E-state index contributed by atoms with van der Waals surface area (Å²) in [7, 11) is 0. The number of pyridine rings is 1. The summed E-state index contributed by atoms with van der Waals surface area (Å²) in [5.74, 6) is -0.197. The van der Waals surface area contributed by atoms with Gasteiger partial charge < -0.3 is 9.30 Å². The molecule has 0 atom stereocenters. The van der Waals surface area contributed by atoms with Crippen molar-refractivity contribution in [1.29, 1.82) is 0 Å². The zero-order chi connectivity index (χ0) is 18.4. The lowest BCUT2D eigenvalue weighted by Gasteiger charge is -2.10. The number of nitrogens with zero attached hydrogens (tertiary/aromatic N) is 2. The highest BCUT2D eigenvalue weighted by atomic mass is 19.1. The number of halogens is 1. The smallest absolute Gasteiger partial charge is 0.293 e. The first-order valence-corrected chi connectivity index (χ1v) is 8.68. The zero-order valence-electron chi connectivity index (χ0n) is 14.7. The molecule has 1 aliphatic rings. The molecule has 0 amide bonds. The van der Waals surface area contributed by atoms with Crippen molar-refractivity contribution in [2.45, 2.75) is 26.3 Å². The maximum atomic E-state index is 13.2. The van der Waals surface area contributed by atoms with Crippen LogP contribution in [0.25, 0.3) is 22.4 Å². The van der Waals surface area contributed by atoms with E-state index in [1.807, 2.05) is 36.7 Å². The van der Waals surface area contributed by atoms with Gasteiger partial charge in [-0.15, -0.1) is 0 Å². The average Bonchev–Trinajstić information content (AvgIpc) is 3.26. The number of benzene rings is 1. The highest BCUT2D eigenvalue weighted by Gasteiger charge is 2.21. The molecule has 0 bridgehead atoms. The number of fused-ring (bicyclic) bond motifs is 1. The molecular weight excluding hydrogens is 331 g/mol. The third-order valence-corrected chi connectivity index (χ3v) is 4.34. The number of aryl methyl sites for hydroxylation is 1. The zero-order valence-corrected chi connectivity index (χ0v) is 14.7. The van der Waals surface area contributed by atoms with Crippen LogP contribution in [0.2, 0.25) is 0 Å². The van der Waals surface area contributed by atoms with Gasteiger partial charge in [0.15, 0.2) is 0 Å². The van der Waals surface area contributed by atoms with E-state index in [2.05, 4.69) is 20.4 Å². The van der Waals surface area contributed by atoms with Gasteiger partial charge in [-0.3, -0.25) is 9.78 Å². The van der Waals surface area contributed by atoms with Gasteiger partial charge in [-0.1, -0.05) is 0 Å². The molecule has 0 N–H and O–H groups in total. The largest absolute Gasteiger partial charge is 0.468 e. The molecule has 1 aromatic carbocycles. The van der Waals surface area contributed by atoms with Crippen molar-refractivity contribution in [3.05, 3.63) is 66.4 Å². The first kappa shape index (κ1) is 17.9. The molecule has 0 spiro atoms. The molecule has 5 heteroatoms. The normalized spacial score (nSPS) is 12.1. The predicted molar refractivity (Wildman–Crippen MR) is 99.1 cm³/mol. The molecule has 0 saturated heterocycles. The predicted octanol–water partition coefficient (Wildman–Crippen LogP) is 4.48. The lowest BCUT2D eigenvalue weighted by molar-refractivity contribution is -0.128. The van der Waals surface area contributed by atoms with Gasteiger partial charge >= 0.3 is 0 Å². The fraction of sp³-hybridized carbons (Fsp3) is 0.238. The van der Waals surface area contributed by atoms with Crippen LogP contribution < -0.4 is 0 Å². The Bertz CT molecular complexity index is 858. The maximum absolute atomic E-state index is 13.2. The van der Waals surface area contributed by atoms with E-state index in [0.717, 1.165) is 24.1 Å². The monoisotopic (exact) mass is 352 g/mol. The van der Waals surface area contributed by atoms with E-state index in [0.29, 0.717) is 13.1 Å². The lowest BCUT2D eigenvalue weighted by Crippen LogP contribution is -1.96. The quantitative estimate of drug-likeness (QED) is 0.650. The number of hydrogen-bond acceptors (Lipinski definition) is 3.